The normalized spacial score (nSPS) is 19.2. The lowest BCUT2D eigenvalue weighted by atomic mass is 10.1. The molecule has 1 aliphatic carbocycles. The first-order chi connectivity index (χ1) is 11.2. The van der Waals surface area contributed by atoms with Crippen LogP contribution >= 0.6 is 0 Å². The minimum Gasteiger partial charge on any atom is -0.392 e. The van der Waals surface area contributed by atoms with Crippen LogP contribution in [0.15, 0.2) is 29.3 Å². The number of benzene rings is 1. The van der Waals surface area contributed by atoms with Crippen LogP contribution in [0.5, 0.6) is 0 Å². The van der Waals surface area contributed by atoms with Gasteiger partial charge in [-0.05, 0) is 24.0 Å². The standard InChI is InChI=1S/C17H24N4O2/c1-18-17(19-10-13-3-2-4-14(9-13)12-22)20-7-8-21(15-5-6-15)16(23)11-20/h2-4,9,15,22H,5-8,10-12H2,1H3,(H,18,19). The Hall–Kier alpha value is -2.08. The SMILES string of the molecule is CN=C(NCc1cccc(CO)c1)N1CCN(C2CC2)C(=O)C1. The van der Waals surface area contributed by atoms with Crippen molar-refractivity contribution in [2.75, 3.05) is 26.7 Å². The Labute approximate surface area is 136 Å². The minimum absolute atomic E-state index is 0.0419. The van der Waals surface area contributed by atoms with Gasteiger partial charge >= 0.3 is 0 Å². The highest BCUT2D eigenvalue weighted by Crippen LogP contribution is 2.28. The van der Waals surface area contributed by atoms with Gasteiger partial charge in [0.1, 0.15) is 0 Å². The zero-order chi connectivity index (χ0) is 16.2. The molecule has 6 nitrogen and oxygen atoms in total. The van der Waals surface area contributed by atoms with E-state index in [-0.39, 0.29) is 12.5 Å². The molecule has 0 spiro atoms. The summed E-state index contributed by atoms with van der Waals surface area (Å²) in [4.78, 5) is 20.6. The summed E-state index contributed by atoms with van der Waals surface area (Å²) >= 11 is 0. The molecule has 23 heavy (non-hydrogen) atoms. The molecule has 1 aliphatic heterocycles. The third kappa shape index (κ3) is 3.82. The van der Waals surface area contributed by atoms with Gasteiger partial charge in [-0.15, -0.1) is 0 Å². The molecule has 6 heteroatoms. The molecule has 0 radical (unpaired) electrons. The Morgan fingerprint density at radius 1 is 1.35 bits per heavy atom. The number of aliphatic hydroxyl groups excluding tert-OH is 1. The predicted octanol–water partition coefficient (Wildman–Crippen LogP) is 0.561. The number of rotatable bonds is 4. The second-order valence-electron chi connectivity index (χ2n) is 6.12. The van der Waals surface area contributed by atoms with Crippen molar-refractivity contribution in [3.05, 3.63) is 35.4 Å². The van der Waals surface area contributed by atoms with Gasteiger partial charge in [-0.2, -0.15) is 0 Å². The maximum atomic E-state index is 12.2. The van der Waals surface area contributed by atoms with Crippen molar-refractivity contribution in [2.24, 2.45) is 4.99 Å². The lowest BCUT2D eigenvalue weighted by Gasteiger charge is -2.36. The van der Waals surface area contributed by atoms with E-state index in [2.05, 4.69) is 10.3 Å². The number of aliphatic imine (C=N–C) groups is 1. The number of aliphatic hydroxyl groups is 1. The topological polar surface area (TPSA) is 68.2 Å². The summed E-state index contributed by atoms with van der Waals surface area (Å²) in [5.74, 6) is 0.951. The van der Waals surface area contributed by atoms with Gasteiger partial charge in [0.15, 0.2) is 5.96 Å². The summed E-state index contributed by atoms with van der Waals surface area (Å²) in [5, 5.41) is 12.5. The zero-order valence-electron chi connectivity index (χ0n) is 13.5. The molecule has 0 unspecified atom stereocenters. The summed E-state index contributed by atoms with van der Waals surface area (Å²) in [6.45, 7) is 2.66. The van der Waals surface area contributed by atoms with Gasteiger partial charge in [0, 0.05) is 32.7 Å². The lowest BCUT2D eigenvalue weighted by molar-refractivity contribution is -0.135. The number of piperazine rings is 1. The maximum Gasteiger partial charge on any atom is 0.242 e. The van der Waals surface area contributed by atoms with Crippen LogP contribution in [0.3, 0.4) is 0 Å². The van der Waals surface area contributed by atoms with Gasteiger partial charge in [0.25, 0.3) is 0 Å². The molecule has 124 valence electrons. The molecular weight excluding hydrogens is 292 g/mol. The summed E-state index contributed by atoms with van der Waals surface area (Å²) in [5.41, 5.74) is 1.98. The molecule has 1 aromatic carbocycles. The van der Waals surface area contributed by atoms with Crippen molar-refractivity contribution in [3.8, 4) is 0 Å². The van der Waals surface area contributed by atoms with E-state index in [0.717, 1.165) is 43.0 Å². The molecule has 1 amide bonds. The summed E-state index contributed by atoms with van der Waals surface area (Å²) in [6.07, 6.45) is 2.31. The van der Waals surface area contributed by atoms with Crippen molar-refractivity contribution >= 4 is 11.9 Å². The molecule has 1 saturated carbocycles. The van der Waals surface area contributed by atoms with Crippen LogP contribution in [-0.4, -0.2) is 59.5 Å². The van der Waals surface area contributed by atoms with E-state index in [0.29, 0.717) is 19.1 Å². The average Bonchev–Trinajstić information content (AvgIpc) is 3.40. The van der Waals surface area contributed by atoms with Gasteiger partial charge in [-0.3, -0.25) is 9.79 Å². The molecule has 3 rings (SSSR count). The van der Waals surface area contributed by atoms with E-state index in [1.807, 2.05) is 34.1 Å². The van der Waals surface area contributed by atoms with E-state index in [4.69, 9.17) is 0 Å². The van der Waals surface area contributed by atoms with Gasteiger partial charge < -0.3 is 20.2 Å². The van der Waals surface area contributed by atoms with E-state index in [9.17, 15) is 9.90 Å². The molecule has 1 heterocycles. The zero-order valence-corrected chi connectivity index (χ0v) is 13.5. The van der Waals surface area contributed by atoms with Gasteiger partial charge in [0.2, 0.25) is 5.91 Å². The van der Waals surface area contributed by atoms with Crippen LogP contribution in [0.1, 0.15) is 24.0 Å². The van der Waals surface area contributed by atoms with E-state index in [1.54, 1.807) is 7.05 Å². The molecule has 0 bridgehead atoms. The first-order valence-electron chi connectivity index (χ1n) is 8.15. The van der Waals surface area contributed by atoms with Crippen LogP contribution in [-0.2, 0) is 17.9 Å². The number of carbonyl (C=O) groups is 1. The smallest absolute Gasteiger partial charge is 0.242 e. The largest absolute Gasteiger partial charge is 0.392 e. The Morgan fingerprint density at radius 3 is 2.78 bits per heavy atom. The quantitative estimate of drug-likeness (QED) is 0.629. The summed E-state index contributed by atoms with van der Waals surface area (Å²) in [6, 6.07) is 8.30. The van der Waals surface area contributed by atoms with Crippen molar-refractivity contribution in [1.82, 2.24) is 15.1 Å². The summed E-state index contributed by atoms with van der Waals surface area (Å²) < 4.78 is 0. The monoisotopic (exact) mass is 316 g/mol. The van der Waals surface area contributed by atoms with Crippen LogP contribution in [0.4, 0.5) is 0 Å². The number of nitrogens with zero attached hydrogens (tertiary/aromatic N) is 3. The lowest BCUT2D eigenvalue weighted by Crippen LogP contribution is -2.55. The molecule has 2 aliphatic rings. The molecule has 2 fully saturated rings. The predicted molar refractivity (Wildman–Crippen MR) is 88.9 cm³/mol. The van der Waals surface area contributed by atoms with Gasteiger partial charge in [-0.1, -0.05) is 24.3 Å². The fraction of sp³-hybridized carbons (Fsp3) is 0.529. The third-order valence-corrected chi connectivity index (χ3v) is 4.38. The number of amides is 1. The molecule has 2 N–H and O–H groups in total. The van der Waals surface area contributed by atoms with E-state index >= 15 is 0 Å². The Balaban J connectivity index is 1.56. The van der Waals surface area contributed by atoms with Gasteiger partial charge in [-0.25, -0.2) is 0 Å². The summed E-state index contributed by atoms with van der Waals surface area (Å²) in [7, 11) is 1.74. The molecular formula is C17H24N4O2. The number of hydrogen-bond donors (Lipinski definition) is 2. The van der Waals surface area contributed by atoms with Gasteiger partial charge in [0.05, 0.1) is 13.2 Å². The number of nitrogens with one attached hydrogen (secondary N) is 1. The highest BCUT2D eigenvalue weighted by molar-refractivity contribution is 5.87. The Bertz CT molecular complexity index is 598. The van der Waals surface area contributed by atoms with Crippen molar-refractivity contribution in [2.45, 2.75) is 32.0 Å². The highest BCUT2D eigenvalue weighted by Gasteiger charge is 2.36. The minimum atomic E-state index is 0.0419. The molecule has 0 atom stereocenters. The third-order valence-electron chi connectivity index (χ3n) is 4.38. The van der Waals surface area contributed by atoms with Crippen LogP contribution in [0.2, 0.25) is 0 Å². The van der Waals surface area contributed by atoms with Crippen molar-refractivity contribution in [1.29, 1.82) is 0 Å². The van der Waals surface area contributed by atoms with Crippen LogP contribution < -0.4 is 5.32 Å². The second kappa shape index (κ2) is 7.00. The first-order valence-corrected chi connectivity index (χ1v) is 8.15. The fourth-order valence-electron chi connectivity index (χ4n) is 2.99. The molecule has 1 aromatic rings. The highest BCUT2D eigenvalue weighted by atomic mass is 16.3. The van der Waals surface area contributed by atoms with Crippen LogP contribution in [0, 0.1) is 0 Å². The van der Waals surface area contributed by atoms with Crippen LogP contribution in [0.25, 0.3) is 0 Å². The average molecular weight is 316 g/mol. The van der Waals surface area contributed by atoms with Crippen molar-refractivity contribution < 1.29 is 9.90 Å². The van der Waals surface area contributed by atoms with E-state index < -0.39 is 0 Å². The number of carbonyl (C=O) groups excluding carboxylic acids is 1. The van der Waals surface area contributed by atoms with E-state index in [1.165, 1.54) is 0 Å². The molecule has 0 aromatic heterocycles. The first kappa shape index (κ1) is 15.8. The Morgan fingerprint density at radius 2 is 2.13 bits per heavy atom. The van der Waals surface area contributed by atoms with Crippen molar-refractivity contribution in [3.63, 3.8) is 0 Å². The molecule has 1 saturated heterocycles. The fourth-order valence-corrected chi connectivity index (χ4v) is 2.99. The number of guanidine groups is 1. The second-order valence-corrected chi connectivity index (χ2v) is 6.12. The maximum absolute atomic E-state index is 12.2. The Kier molecular flexibility index (Phi) is 4.81. The number of hydrogen-bond acceptors (Lipinski definition) is 3.